The van der Waals surface area contributed by atoms with E-state index in [1.54, 1.807) is 0 Å². The molecule has 0 saturated heterocycles. The van der Waals surface area contributed by atoms with Crippen LogP contribution in [0.5, 0.6) is 0 Å². The van der Waals surface area contributed by atoms with Crippen LogP contribution in [0.2, 0.25) is 0 Å². The molecule has 3 saturated carbocycles. The van der Waals surface area contributed by atoms with Gasteiger partial charge in [0.1, 0.15) is 5.78 Å². The summed E-state index contributed by atoms with van der Waals surface area (Å²) in [5, 5.41) is 11.2. The van der Waals surface area contributed by atoms with E-state index in [2.05, 4.69) is 20.8 Å². The van der Waals surface area contributed by atoms with Crippen molar-refractivity contribution in [1.29, 1.82) is 0 Å². The van der Waals surface area contributed by atoms with Gasteiger partial charge in [-0.05, 0) is 47.8 Å². The largest absolute Gasteiger partial charge is 0.393 e. The Bertz CT molecular complexity index is 416. The highest BCUT2D eigenvalue weighted by Gasteiger charge is 2.59. The van der Waals surface area contributed by atoms with E-state index in [9.17, 15) is 9.90 Å². The normalized spacial score (nSPS) is 48.6. The third-order valence-electron chi connectivity index (χ3n) is 7.66. The molecule has 0 aromatic heterocycles. The summed E-state index contributed by atoms with van der Waals surface area (Å²) in [5.41, 5.74) is 0.297. The summed E-state index contributed by atoms with van der Waals surface area (Å²) in [4.78, 5) is 12.1. The van der Waals surface area contributed by atoms with Gasteiger partial charge in [0.2, 0.25) is 0 Å². The Morgan fingerprint density at radius 1 is 1.23 bits per heavy atom. The second-order valence-corrected chi connectivity index (χ2v) is 8.58. The SMILES string of the molecule is CCCC1CCCC2C1[C@H](O)[C@@H](CC)[C@H]1CC(=O)CC[C@]21C. The highest BCUT2D eigenvalue weighted by atomic mass is 16.3. The Hall–Kier alpha value is -0.370. The van der Waals surface area contributed by atoms with Crippen LogP contribution >= 0.6 is 0 Å². The molecule has 0 amide bonds. The minimum Gasteiger partial charge on any atom is -0.393 e. The summed E-state index contributed by atoms with van der Waals surface area (Å²) in [6.07, 6.45) is 9.85. The Balaban J connectivity index is 1.96. The van der Waals surface area contributed by atoms with Gasteiger partial charge >= 0.3 is 0 Å². The van der Waals surface area contributed by atoms with Crippen molar-refractivity contribution in [3.8, 4) is 0 Å². The fraction of sp³-hybridized carbons (Fsp3) is 0.950. The first-order chi connectivity index (χ1) is 10.5. The molecule has 3 unspecified atom stereocenters. The van der Waals surface area contributed by atoms with Gasteiger partial charge in [-0.15, -0.1) is 0 Å². The zero-order valence-corrected chi connectivity index (χ0v) is 14.7. The van der Waals surface area contributed by atoms with Gasteiger partial charge in [-0.1, -0.05) is 52.9 Å². The van der Waals surface area contributed by atoms with Crippen LogP contribution < -0.4 is 0 Å². The van der Waals surface area contributed by atoms with E-state index in [0.29, 0.717) is 40.8 Å². The minimum absolute atomic E-state index is 0.171. The number of aliphatic hydroxyl groups excluding tert-OH is 1. The molecular formula is C20H34O2. The highest BCUT2D eigenvalue weighted by molar-refractivity contribution is 5.79. The smallest absolute Gasteiger partial charge is 0.133 e. The summed E-state index contributed by atoms with van der Waals surface area (Å²) in [6, 6.07) is 0. The van der Waals surface area contributed by atoms with Crippen molar-refractivity contribution in [2.45, 2.75) is 84.7 Å². The number of fused-ring (bicyclic) bond motifs is 3. The third-order valence-corrected chi connectivity index (χ3v) is 7.66. The zero-order chi connectivity index (χ0) is 15.9. The number of rotatable bonds is 3. The molecule has 3 aliphatic rings. The monoisotopic (exact) mass is 306 g/mol. The van der Waals surface area contributed by atoms with Crippen molar-refractivity contribution in [1.82, 2.24) is 0 Å². The van der Waals surface area contributed by atoms with E-state index in [4.69, 9.17) is 0 Å². The van der Waals surface area contributed by atoms with Gasteiger partial charge in [-0.2, -0.15) is 0 Å². The quantitative estimate of drug-likeness (QED) is 0.827. The van der Waals surface area contributed by atoms with Crippen LogP contribution in [0.3, 0.4) is 0 Å². The average Bonchev–Trinajstić information content (AvgIpc) is 2.51. The fourth-order valence-electron chi connectivity index (χ4n) is 6.63. The maximum atomic E-state index is 12.1. The average molecular weight is 306 g/mol. The maximum Gasteiger partial charge on any atom is 0.133 e. The highest BCUT2D eigenvalue weighted by Crippen LogP contribution is 2.62. The standard InChI is InChI=1S/C20H34O2/c1-4-7-13-8-6-9-16-18(13)19(22)15(5-2)17-12-14(21)10-11-20(16,17)3/h13,15-19,22H,4-12H2,1-3H3/t13?,15-,16?,17+,18?,19+,20+/m0/s1. The number of ketones is 1. The molecule has 0 spiro atoms. The maximum absolute atomic E-state index is 12.1. The first-order valence-corrected chi connectivity index (χ1v) is 9.72. The molecule has 126 valence electrons. The number of hydrogen-bond donors (Lipinski definition) is 1. The molecule has 1 N–H and O–H groups in total. The van der Waals surface area contributed by atoms with Crippen molar-refractivity contribution in [3.63, 3.8) is 0 Å². The third kappa shape index (κ3) is 2.46. The van der Waals surface area contributed by atoms with Crippen LogP contribution in [0.4, 0.5) is 0 Å². The molecule has 2 nitrogen and oxygen atoms in total. The Morgan fingerprint density at radius 2 is 2.00 bits per heavy atom. The van der Waals surface area contributed by atoms with Gasteiger partial charge < -0.3 is 5.11 Å². The molecule has 22 heavy (non-hydrogen) atoms. The van der Waals surface area contributed by atoms with E-state index in [0.717, 1.165) is 25.7 Å². The van der Waals surface area contributed by atoms with Crippen LogP contribution in [-0.4, -0.2) is 17.0 Å². The first-order valence-electron chi connectivity index (χ1n) is 9.72. The minimum atomic E-state index is -0.171. The lowest BCUT2D eigenvalue weighted by Crippen LogP contribution is -2.59. The first kappa shape index (κ1) is 16.5. The lowest BCUT2D eigenvalue weighted by Gasteiger charge is -2.61. The molecule has 2 heteroatoms. The number of carbonyl (C=O) groups excluding carboxylic acids is 1. The van der Waals surface area contributed by atoms with Crippen molar-refractivity contribution < 1.29 is 9.90 Å². The summed E-state index contributed by atoms with van der Waals surface area (Å²) in [5.74, 6) is 3.06. The molecule has 0 aromatic carbocycles. The van der Waals surface area contributed by atoms with Crippen LogP contribution in [0.15, 0.2) is 0 Å². The van der Waals surface area contributed by atoms with Crippen LogP contribution in [-0.2, 0) is 4.79 Å². The zero-order valence-electron chi connectivity index (χ0n) is 14.7. The Morgan fingerprint density at radius 3 is 2.68 bits per heavy atom. The molecule has 0 aliphatic heterocycles. The van der Waals surface area contributed by atoms with Crippen LogP contribution in [0.1, 0.15) is 78.6 Å². The van der Waals surface area contributed by atoms with Crippen LogP contribution in [0.25, 0.3) is 0 Å². The van der Waals surface area contributed by atoms with E-state index in [1.807, 2.05) is 0 Å². The van der Waals surface area contributed by atoms with Crippen molar-refractivity contribution in [3.05, 3.63) is 0 Å². The van der Waals surface area contributed by atoms with Gasteiger partial charge in [0, 0.05) is 12.8 Å². The van der Waals surface area contributed by atoms with Crippen LogP contribution in [0, 0.1) is 35.0 Å². The van der Waals surface area contributed by atoms with Gasteiger partial charge in [0.15, 0.2) is 0 Å². The number of aliphatic hydroxyl groups is 1. The Labute approximate surface area is 136 Å². The Kier molecular flexibility index (Phi) is 4.69. The second kappa shape index (κ2) is 6.26. The predicted molar refractivity (Wildman–Crippen MR) is 89.5 cm³/mol. The molecule has 3 aliphatic carbocycles. The number of carbonyl (C=O) groups is 1. The lowest BCUT2D eigenvalue weighted by atomic mass is 9.44. The summed E-state index contributed by atoms with van der Waals surface area (Å²) >= 11 is 0. The molecule has 0 bridgehead atoms. The lowest BCUT2D eigenvalue weighted by molar-refractivity contribution is -0.176. The summed E-state index contributed by atoms with van der Waals surface area (Å²) in [7, 11) is 0. The van der Waals surface area contributed by atoms with E-state index < -0.39 is 0 Å². The van der Waals surface area contributed by atoms with Gasteiger partial charge in [0.05, 0.1) is 6.10 Å². The van der Waals surface area contributed by atoms with E-state index >= 15 is 0 Å². The molecule has 7 atom stereocenters. The number of hydrogen-bond acceptors (Lipinski definition) is 2. The fourth-order valence-corrected chi connectivity index (χ4v) is 6.63. The van der Waals surface area contributed by atoms with E-state index in [1.165, 1.54) is 32.1 Å². The summed E-state index contributed by atoms with van der Waals surface area (Å²) < 4.78 is 0. The van der Waals surface area contributed by atoms with Crippen molar-refractivity contribution in [2.24, 2.45) is 35.0 Å². The molecular weight excluding hydrogens is 272 g/mol. The molecule has 3 rings (SSSR count). The van der Waals surface area contributed by atoms with E-state index in [-0.39, 0.29) is 6.10 Å². The molecule has 0 aromatic rings. The second-order valence-electron chi connectivity index (χ2n) is 8.58. The van der Waals surface area contributed by atoms with Crippen molar-refractivity contribution >= 4 is 5.78 Å². The molecule has 3 fully saturated rings. The predicted octanol–water partition coefficient (Wildman–Crippen LogP) is 4.60. The summed E-state index contributed by atoms with van der Waals surface area (Å²) in [6.45, 7) is 6.95. The van der Waals surface area contributed by atoms with Crippen molar-refractivity contribution in [2.75, 3.05) is 0 Å². The number of Topliss-reactive ketones (excluding diaryl/α,β-unsaturated/α-hetero) is 1. The van der Waals surface area contributed by atoms with Gasteiger partial charge in [-0.25, -0.2) is 0 Å². The molecule has 0 heterocycles. The topological polar surface area (TPSA) is 37.3 Å². The molecule has 0 radical (unpaired) electrons. The van der Waals surface area contributed by atoms with Gasteiger partial charge in [0.25, 0.3) is 0 Å². The van der Waals surface area contributed by atoms with Gasteiger partial charge in [-0.3, -0.25) is 4.79 Å².